The van der Waals surface area contributed by atoms with Gasteiger partial charge in [0.25, 0.3) is 5.91 Å². The topological polar surface area (TPSA) is 94.6 Å². The number of hydrogen-bond acceptors (Lipinski definition) is 6. The summed E-state index contributed by atoms with van der Waals surface area (Å²) in [6, 6.07) is 6.41. The Labute approximate surface area is 209 Å². The minimum absolute atomic E-state index is 0.0836. The summed E-state index contributed by atoms with van der Waals surface area (Å²) in [6.45, 7) is 7.30. The van der Waals surface area contributed by atoms with E-state index in [2.05, 4.69) is 20.5 Å². The van der Waals surface area contributed by atoms with E-state index in [1.54, 1.807) is 29.6 Å². The van der Waals surface area contributed by atoms with Gasteiger partial charge in [-0.25, -0.2) is 4.98 Å². The van der Waals surface area contributed by atoms with Crippen molar-refractivity contribution in [3.05, 3.63) is 45.9 Å². The number of aromatic nitrogens is 1. The predicted octanol–water partition coefficient (Wildman–Crippen LogP) is 3.43. The van der Waals surface area contributed by atoms with Crippen molar-refractivity contribution in [1.82, 2.24) is 20.1 Å². The molecule has 8 nitrogen and oxygen atoms in total. The first-order valence-corrected chi connectivity index (χ1v) is 12.9. The summed E-state index contributed by atoms with van der Waals surface area (Å²) in [5.41, 5.74) is 1.07. The summed E-state index contributed by atoms with van der Waals surface area (Å²) in [5, 5.41) is 8.39. The summed E-state index contributed by atoms with van der Waals surface area (Å²) in [7, 11) is 0. The molecule has 1 aliphatic rings. The van der Waals surface area contributed by atoms with Gasteiger partial charge in [0.05, 0.1) is 12.1 Å². The lowest BCUT2D eigenvalue weighted by molar-refractivity contribution is -0.120. The number of carbonyl (C=O) groups is 3. The Kier molecular flexibility index (Phi) is 9.86. The molecule has 1 aromatic carbocycles. The molecule has 0 atom stereocenters. The van der Waals surface area contributed by atoms with Crippen molar-refractivity contribution in [3.8, 4) is 0 Å². The Hall–Kier alpha value is -2.49. The molecular weight excluding hydrogens is 474 g/mol. The fourth-order valence-electron chi connectivity index (χ4n) is 3.77. The van der Waals surface area contributed by atoms with Crippen LogP contribution in [0, 0.1) is 0 Å². The molecule has 0 radical (unpaired) electrons. The molecule has 1 aromatic heterocycles. The van der Waals surface area contributed by atoms with E-state index < -0.39 is 0 Å². The van der Waals surface area contributed by atoms with Crippen LogP contribution in [-0.2, 0) is 16.0 Å². The Bertz CT molecular complexity index is 973. The second-order valence-corrected chi connectivity index (χ2v) is 9.95. The molecule has 184 valence electrons. The average molecular weight is 506 g/mol. The van der Waals surface area contributed by atoms with E-state index >= 15 is 0 Å². The minimum atomic E-state index is -0.345. The highest BCUT2D eigenvalue weighted by atomic mass is 35.5. The zero-order valence-electron chi connectivity index (χ0n) is 19.7. The third-order valence-corrected chi connectivity index (χ3v) is 6.69. The predicted molar refractivity (Wildman–Crippen MR) is 135 cm³/mol. The van der Waals surface area contributed by atoms with Gasteiger partial charge in [-0.3, -0.25) is 14.4 Å². The molecule has 3 rings (SSSR count). The van der Waals surface area contributed by atoms with Crippen molar-refractivity contribution in [2.45, 2.75) is 45.6 Å². The Balaban J connectivity index is 1.46. The Morgan fingerprint density at radius 2 is 1.82 bits per heavy atom. The zero-order chi connectivity index (χ0) is 24.5. The zero-order valence-corrected chi connectivity index (χ0v) is 21.3. The van der Waals surface area contributed by atoms with Crippen LogP contribution in [0.5, 0.6) is 0 Å². The fourth-order valence-corrected chi connectivity index (χ4v) is 4.62. The van der Waals surface area contributed by atoms with Crippen LogP contribution < -0.4 is 10.6 Å². The lowest BCUT2D eigenvalue weighted by Gasteiger charge is -2.26. The molecule has 2 heterocycles. The normalized spacial score (nSPS) is 14.1. The summed E-state index contributed by atoms with van der Waals surface area (Å²) >= 11 is 7.16. The molecule has 0 spiro atoms. The molecule has 1 aliphatic heterocycles. The molecule has 10 heteroatoms. The molecule has 34 heavy (non-hydrogen) atoms. The number of thiazole rings is 1. The highest BCUT2D eigenvalue weighted by Crippen LogP contribution is 2.17. The number of anilines is 1. The summed E-state index contributed by atoms with van der Waals surface area (Å²) in [5.74, 6) is -0.675. The highest BCUT2D eigenvalue weighted by Gasteiger charge is 2.22. The molecule has 0 saturated carbocycles. The average Bonchev–Trinajstić information content (AvgIpc) is 3.24. The lowest BCUT2D eigenvalue weighted by Crippen LogP contribution is -2.42. The minimum Gasteiger partial charge on any atom is -0.354 e. The SMILES string of the molecule is CC(C)N(CC(=O)Nc1nc(CC(=O)NCCN2CCCCC2)cs1)C(=O)c1ccc(Cl)cc1. The number of halogens is 1. The highest BCUT2D eigenvalue weighted by molar-refractivity contribution is 7.13. The van der Waals surface area contributed by atoms with Crippen LogP contribution in [0.2, 0.25) is 5.02 Å². The number of likely N-dealkylation sites (tertiary alicyclic amines) is 1. The molecule has 1 saturated heterocycles. The van der Waals surface area contributed by atoms with E-state index in [4.69, 9.17) is 11.6 Å². The maximum Gasteiger partial charge on any atom is 0.254 e. The number of piperidine rings is 1. The Morgan fingerprint density at radius 3 is 2.50 bits per heavy atom. The van der Waals surface area contributed by atoms with Gasteiger partial charge in [0, 0.05) is 35.1 Å². The van der Waals surface area contributed by atoms with Gasteiger partial charge in [-0.05, 0) is 64.0 Å². The number of benzene rings is 1. The van der Waals surface area contributed by atoms with Gasteiger partial charge in [-0.15, -0.1) is 11.3 Å². The number of carbonyl (C=O) groups excluding carboxylic acids is 3. The standard InChI is InChI=1S/C24H32ClN5O3S/c1-17(2)30(23(33)18-6-8-19(25)9-7-18)15-22(32)28-24-27-20(16-34-24)14-21(31)26-10-13-29-11-4-3-5-12-29/h6-9,16-17H,3-5,10-15H2,1-2H3,(H,26,31)(H,27,28,32). The van der Waals surface area contributed by atoms with Crippen molar-refractivity contribution in [1.29, 1.82) is 0 Å². The molecule has 2 N–H and O–H groups in total. The van der Waals surface area contributed by atoms with Gasteiger partial charge >= 0.3 is 0 Å². The van der Waals surface area contributed by atoms with E-state index in [1.165, 1.54) is 35.5 Å². The van der Waals surface area contributed by atoms with E-state index in [9.17, 15) is 14.4 Å². The van der Waals surface area contributed by atoms with Gasteiger partial charge in [0.2, 0.25) is 11.8 Å². The summed E-state index contributed by atoms with van der Waals surface area (Å²) in [4.78, 5) is 45.9. The number of nitrogens with one attached hydrogen (secondary N) is 2. The largest absolute Gasteiger partial charge is 0.354 e. The van der Waals surface area contributed by atoms with Crippen molar-refractivity contribution >= 4 is 45.8 Å². The van der Waals surface area contributed by atoms with Crippen LogP contribution in [0.3, 0.4) is 0 Å². The van der Waals surface area contributed by atoms with Crippen LogP contribution in [0.1, 0.15) is 49.2 Å². The van der Waals surface area contributed by atoms with E-state index in [-0.39, 0.29) is 36.7 Å². The number of hydrogen-bond donors (Lipinski definition) is 2. The van der Waals surface area contributed by atoms with Crippen molar-refractivity contribution in [3.63, 3.8) is 0 Å². The van der Waals surface area contributed by atoms with Crippen LogP contribution in [0.25, 0.3) is 0 Å². The first kappa shape index (κ1) is 26.1. The van der Waals surface area contributed by atoms with Gasteiger partial charge in [-0.1, -0.05) is 18.0 Å². The second-order valence-electron chi connectivity index (χ2n) is 8.65. The molecular formula is C24H32ClN5O3S. The van der Waals surface area contributed by atoms with Crippen molar-refractivity contribution in [2.24, 2.45) is 0 Å². The number of nitrogens with zero attached hydrogens (tertiary/aromatic N) is 3. The smallest absolute Gasteiger partial charge is 0.254 e. The van der Waals surface area contributed by atoms with Crippen LogP contribution >= 0.6 is 22.9 Å². The molecule has 0 unspecified atom stereocenters. The monoisotopic (exact) mass is 505 g/mol. The van der Waals surface area contributed by atoms with Gasteiger partial charge in [-0.2, -0.15) is 0 Å². The lowest BCUT2D eigenvalue weighted by atomic mass is 10.1. The van der Waals surface area contributed by atoms with E-state index in [0.717, 1.165) is 19.6 Å². The quantitative estimate of drug-likeness (QED) is 0.516. The first-order valence-electron chi connectivity index (χ1n) is 11.6. The maximum absolute atomic E-state index is 12.8. The van der Waals surface area contributed by atoms with Crippen LogP contribution in [-0.4, -0.2) is 71.3 Å². The van der Waals surface area contributed by atoms with Gasteiger partial charge < -0.3 is 20.4 Å². The molecule has 0 aliphatic carbocycles. The van der Waals surface area contributed by atoms with Crippen molar-refractivity contribution < 1.29 is 14.4 Å². The van der Waals surface area contributed by atoms with Crippen molar-refractivity contribution in [2.75, 3.05) is 38.0 Å². The summed E-state index contributed by atoms with van der Waals surface area (Å²) < 4.78 is 0. The Morgan fingerprint density at radius 1 is 1.12 bits per heavy atom. The number of rotatable bonds is 10. The summed E-state index contributed by atoms with van der Waals surface area (Å²) in [6.07, 6.45) is 3.91. The van der Waals surface area contributed by atoms with Gasteiger partial charge in [0.15, 0.2) is 5.13 Å². The first-order chi connectivity index (χ1) is 16.3. The van der Waals surface area contributed by atoms with E-state index in [1.807, 2.05) is 13.8 Å². The fraction of sp³-hybridized carbons (Fsp3) is 0.500. The third kappa shape index (κ3) is 8.07. The second kappa shape index (κ2) is 12.8. The van der Waals surface area contributed by atoms with E-state index in [0.29, 0.717) is 28.0 Å². The van der Waals surface area contributed by atoms with Gasteiger partial charge in [0.1, 0.15) is 6.54 Å². The maximum atomic E-state index is 12.8. The molecule has 2 aromatic rings. The van der Waals surface area contributed by atoms with Crippen LogP contribution in [0.4, 0.5) is 5.13 Å². The molecule has 0 bridgehead atoms. The molecule has 1 fully saturated rings. The number of amides is 3. The van der Waals surface area contributed by atoms with Crippen LogP contribution in [0.15, 0.2) is 29.6 Å². The third-order valence-electron chi connectivity index (χ3n) is 5.63. The molecule has 3 amide bonds.